The molecule has 0 N–H and O–H groups in total. The topological polar surface area (TPSA) is 18.5 Å². The van der Waals surface area contributed by atoms with Crippen LogP contribution in [0.4, 0.5) is 0 Å². The van der Waals surface area contributed by atoms with Crippen LogP contribution in [-0.4, -0.2) is 25.4 Å². The van der Waals surface area contributed by atoms with Gasteiger partial charge in [-0.1, -0.05) is 12.2 Å². The first-order chi connectivity index (χ1) is 5.70. The molecule has 2 atom stereocenters. The van der Waals surface area contributed by atoms with Crippen molar-refractivity contribution in [3.05, 3.63) is 12.2 Å². The molecule has 0 aromatic carbocycles. The van der Waals surface area contributed by atoms with Gasteiger partial charge in [0.2, 0.25) is 0 Å². The molecule has 0 heterocycles. The SMILES string of the molecule is CCOC(C)C=CC(C)OCC. The monoisotopic (exact) mass is 172 g/mol. The van der Waals surface area contributed by atoms with Gasteiger partial charge in [0.1, 0.15) is 0 Å². The standard InChI is InChI=1S/C10H20O2/c1-5-11-9(3)7-8-10(4)12-6-2/h7-10H,5-6H2,1-4H3. The molecule has 2 nitrogen and oxygen atoms in total. The van der Waals surface area contributed by atoms with Gasteiger partial charge >= 0.3 is 0 Å². The molecule has 0 aromatic rings. The zero-order chi connectivity index (χ0) is 9.40. The molecular weight excluding hydrogens is 152 g/mol. The maximum absolute atomic E-state index is 5.33. The lowest BCUT2D eigenvalue weighted by Crippen LogP contribution is -2.08. The minimum atomic E-state index is 0.193. The first-order valence-corrected chi connectivity index (χ1v) is 4.62. The first-order valence-electron chi connectivity index (χ1n) is 4.62. The minimum absolute atomic E-state index is 0.193. The van der Waals surface area contributed by atoms with Crippen LogP contribution in [0.3, 0.4) is 0 Å². The molecule has 0 bridgehead atoms. The average molecular weight is 172 g/mol. The van der Waals surface area contributed by atoms with E-state index in [0.717, 1.165) is 13.2 Å². The first kappa shape index (κ1) is 11.7. The van der Waals surface area contributed by atoms with Crippen LogP contribution in [0.15, 0.2) is 12.2 Å². The molecule has 0 saturated heterocycles. The predicted octanol–water partition coefficient (Wildman–Crippen LogP) is 2.39. The minimum Gasteiger partial charge on any atom is -0.375 e. The Balaban J connectivity index is 3.57. The molecule has 0 rings (SSSR count). The molecule has 0 saturated carbocycles. The van der Waals surface area contributed by atoms with E-state index < -0.39 is 0 Å². The van der Waals surface area contributed by atoms with Crippen molar-refractivity contribution in [3.63, 3.8) is 0 Å². The largest absolute Gasteiger partial charge is 0.375 e. The quantitative estimate of drug-likeness (QED) is 0.573. The lowest BCUT2D eigenvalue weighted by Gasteiger charge is -2.08. The number of ether oxygens (including phenoxy) is 2. The van der Waals surface area contributed by atoms with Crippen molar-refractivity contribution in [2.75, 3.05) is 13.2 Å². The van der Waals surface area contributed by atoms with Crippen LogP contribution >= 0.6 is 0 Å². The Hall–Kier alpha value is -0.340. The van der Waals surface area contributed by atoms with Crippen LogP contribution in [0.5, 0.6) is 0 Å². The van der Waals surface area contributed by atoms with Crippen molar-refractivity contribution < 1.29 is 9.47 Å². The highest BCUT2D eigenvalue weighted by Gasteiger charge is 1.96. The lowest BCUT2D eigenvalue weighted by atomic mass is 10.3. The molecule has 72 valence electrons. The predicted molar refractivity (Wildman–Crippen MR) is 51.3 cm³/mol. The van der Waals surface area contributed by atoms with E-state index in [1.165, 1.54) is 0 Å². The van der Waals surface area contributed by atoms with Crippen molar-refractivity contribution in [1.82, 2.24) is 0 Å². The summed E-state index contributed by atoms with van der Waals surface area (Å²) in [4.78, 5) is 0. The van der Waals surface area contributed by atoms with Crippen LogP contribution in [0.1, 0.15) is 27.7 Å². The smallest absolute Gasteiger partial charge is 0.0728 e. The highest BCUT2D eigenvalue weighted by atomic mass is 16.5. The van der Waals surface area contributed by atoms with E-state index >= 15 is 0 Å². The Labute approximate surface area is 75.6 Å². The van der Waals surface area contributed by atoms with Gasteiger partial charge < -0.3 is 9.47 Å². The molecule has 0 aliphatic rings. The van der Waals surface area contributed by atoms with Gasteiger partial charge in [-0.3, -0.25) is 0 Å². The van der Waals surface area contributed by atoms with Crippen LogP contribution in [0, 0.1) is 0 Å². The van der Waals surface area contributed by atoms with Crippen molar-refractivity contribution >= 4 is 0 Å². The second-order valence-electron chi connectivity index (χ2n) is 2.71. The molecule has 2 unspecified atom stereocenters. The fourth-order valence-corrected chi connectivity index (χ4v) is 0.950. The van der Waals surface area contributed by atoms with E-state index in [1.54, 1.807) is 0 Å². The maximum atomic E-state index is 5.33. The van der Waals surface area contributed by atoms with Gasteiger partial charge in [-0.2, -0.15) is 0 Å². The number of rotatable bonds is 6. The summed E-state index contributed by atoms with van der Waals surface area (Å²) in [6, 6.07) is 0. The summed E-state index contributed by atoms with van der Waals surface area (Å²) in [5, 5.41) is 0. The summed E-state index contributed by atoms with van der Waals surface area (Å²) in [6.45, 7) is 9.56. The zero-order valence-corrected chi connectivity index (χ0v) is 8.54. The third-order valence-corrected chi connectivity index (χ3v) is 1.51. The molecule has 12 heavy (non-hydrogen) atoms. The second-order valence-corrected chi connectivity index (χ2v) is 2.71. The van der Waals surface area contributed by atoms with E-state index in [1.807, 2.05) is 39.8 Å². The third kappa shape index (κ3) is 6.38. The molecule has 0 aliphatic carbocycles. The highest BCUT2D eigenvalue weighted by molar-refractivity contribution is 4.91. The van der Waals surface area contributed by atoms with Crippen molar-refractivity contribution in [1.29, 1.82) is 0 Å². The highest BCUT2D eigenvalue weighted by Crippen LogP contribution is 1.97. The fourth-order valence-electron chi connectivity index (χ4n) is 0.950. The normalized spacial score (nSPS) is 16.7. The number of hydrogen-bond donors (Lipinski definition) is 0. The van der Waals surface area contributed by atoms with Gasteiger partial charge in [0.25, 0.3) is 0 Å². The van der Waals surface area contributed by atoms with E-state index in [0.29, 0.717) is 0 Å². The molecule has 0 radical (unpaired) electrons. The van der Waals surface area contributed by atoms with Crippen molar-refractivity contribution in [2.24, 2.45) is 0 Å². The number of hydrogen-bond acceptors (Lipinski definition) is 2. The van der Waals surface area contributed by atoms with Gasteiger partial charge in [0.15, 0.2) is 0 Å². The summed E-state index contributed by atoms with van der Waals surface area (Å²) >= 11 is 0. The third-order valence-electron chi connectivity index (χ3n) is 1.51. The van der Waals surface area contributed by atoms with Gasteiger partial charge in [-0.15, -0.1) is 0 Å². The molecule has 0 aromatic heterocycles. The van der Waals surface area contributed by atoms with Gasteiger partial charge in [0.05, 0.1) is 12.2 Å². The summed E-state index contributed by atoms with van der Waals surface area (Å²) in [5.74, 6) is 0. The molecule has 0 fully saturated rings. The van der Waals surface area contributed by atoms with Gasteiger partial charge in [0, 0.05) is 13.2 Å². The van der Waals surface area contributed by atoms with Crippen LogP contribution in [0.2, 0.25) is 0 Å². The van der Waals surface area contributed by atoms with Gasteiger partial charge in [-0.05, 0) is 27.7 Å². The van der Waals surface area contributed by atoms with E-state index in [4.69, 9.17) is 9.47 Å². The van der Waals surface area contributed by atoms with E-state index in [-0.39, 0.29) is 12.2 Å². The maximum Gasteiger partial charge on any atom is 0.0728 e. The molecular formula is C10H20O2. The molecule has 0 aliphatic heterocycles. The van der Waals surface area contributed by atoms with E-state index in [9.17, 15) is 0 Å². The Morgan fingerprint density at radius 1 is 0.917 bits per heavy atom. The van der Waals surface area contributed by atoms with Crippen molar-refractivity contribution in [2.45, 2.75) is 39.9 Å². The van der Waals surface area contributed by atoms with Gasteiger partial charge in [-0.25, -0.2) is 0 Å². The molecule has 0 spiro atoms. The zero-order valence-electron chi connectivity index (χ0n) is 8.54. The summed E-state index contributed by atoms with van der Waals surface area (Å²) in [7, 11) is 0. The summed E-state index contributed by atoms with van der Waals surface area (Å²) in [5.41, 5.74) is 0. The Morgan fingerprint density at radius 2 is 1.25 bits per heavy atom. The van der Waals surface area contributed by atoms with Crippen LogP contribution in [0.25, 0.3) is 0 Å². The summed E-state index contributed by atoms with van der Waals surface area (Å²) < 4.78 is 10.7. The Morgan fingerprint density at radius 3 is 1.50 bits per heavy atom. The molecule has 2 heteroatoms. The van der Waals surface area contributed by atoms with Crippen LogP contribution in [-0.2, 0) is 9.47 Å². The Kier molecular flexibility index (Phi) is 7.11. The van der Waals surface area contributed by atoms with Crippen molar-refractivity contribution in [3.8, 4) is 0 Å². The Bertz CT molecular complexity index is 107. The second kappa shape index (κ2) is 7.32. The molecule has 0 amide bonds. The fraction of sp³-hybridized carbons (Fsp3) is 0.800. The van der Waals surface area contributed by atoms with Crippen LogP contribution < -0.4 is 0 Å². The average Bonchev–Trinajstić information content (AvgIpc) is 2.02. The van der Waals surface area contributed by atoms with E-state index in [2.05, 4.69) is 0 Å². The lowest BCUT2D eigenvalue weighted by molar-refractivity contribution is 0.0982. The summed E-state index contributed by atoms with van der Waals surface area (Å²) in [6.07, 6.45) is 4.45.